The van der Waals surface area contributed by atoms with Crippen molar-refractivity contribution >= 4 is 23.4 Å². The number of ether oxygens (including phenoxy) is 1. The van der Waals surface area contributed by atoms with Crippen LogP contribution in [0, 0.1) is 5.92 Å². The van der Waals surface area contributed by atoms with Crippen LogP contribution in [0.5, 0.6) is 5.75 Å². The van der Waals surface area contributed by atoms with Crippen LogP contribution in [0.1, 0.15) is 49.9 Å². The second kappa shape index (κ2) is 10.3. The summed E-state index contributed by atoms with van der Waals surface area (Å²) in [7, 11) is 0. The van der Waals surface area contributed by atoms with Gasteiger partial charge in [-0.15, -0.1) is 0 Å². The van der Waals surface area contributed by atoms with Crippen molar-refractivity contribution in [2.45, 2.75) is 45.6 Å². The lowest BCUT2D eigenvalue weighted by atomic mass is 10.1. The summed E-state index contributed by atoms with van der Waals surface area (Å²) in [5, 5.41) is 3.47. The van der Waals surface area contributed by atoms with E-state index >= 15 is 0 Å². The maximum atomic E-state index is 12.6. The summed E-state index contributed by atoms with van der Waals surface area (Å²) in [6.45, 7) is 8.43. The smallest absolute Gasteiger partial charge is 0.255 e. The molecule has 1 heterocycles. The monoisotopic (exact) mass is 421 g/mol. The molecule has 0 atom stereocenters. The first-order chi connectivity index (χ1) is 13.9. The lowest BCUT2D eigenvalue weighted by Crippen LogP contribution is -2.51. The van der Waals surface area contributed by atoms with Crippen molar-refractivity contribution in [1.29, 1.82) is 0 Å². The molecule has 0 aromatic heterocycles. The summed E-state index contributed by atoms with van der Waals surface area (Å²) in [6, 6.07) is 5.10. The summed E-state index contributed by atoms with van der Waals surface area (Å²) in [4.78, 5) is 29.5. The molecule has 2 aliphatic rings. The van der Waals surface area contributed by atoms with Crippen LogP contribution in [0.2, 0.25) is 5.02 Å². The maximum Gasteiger partial charge on any atom is 0.255 e. The van der Waals surface area contributed by atoms with Crippen molar-refractivity contribution in [3.63, 3.8) is 0 Å². The topological polar surface area (TPSA) is 61.9 Å². The number of piperazine rings is 1. The van der Waals surface area contributed by atoms with Crippen molar-refractivity contribution in [2.75, 3.05) is 39.3 Å². The molecule has 1 saturated heterocycles. The van der Waals surface area contributed by atoms with E-state index in [-0.39, 0.29) is 17.9 Å². The van der Waals surface area contributed by atoms with E-state index in [9.17, 15) is 9.59 Å². The van der Waals surface area contributed by atoms with Gasteiger partial charge in [0.25, 0.3) is 5.91 Å². The second-order valence-corrected chi connectivity index (χ2v) is 8.65. The zero-order valence-electron chi connectivity index (χ0n) is 17.5. The SMILES string of the molecule is CC(C)Oc1ccc(Cl)cc1C(=O)NCCN1CCN(C(=O)C2CCCC2)CC1. The number of amides is 2. The van der Waals surface area contributed by atoms with Gasteiger partial charge in [-0.2, -0.15) is 0 Å². The Bertz CT molecular complexity index is 711. The highest BCUT2D eigenvalue weighted by atomic mass is 35.5. The first-order valence-corrected chi connectivity index (χ1v) is 11.1. The summed E-state index contributed by atoms with van der Waals surface area (Å²) >= 11 is 6.06. The van der Waals surface area contributed by atoms with Crippen LogP contribution in [-0.4, -0.2) is 67.0 Å². The van der Waals surface area contributed by atoms with E-state index in [0.717, 1.165) is 45.6 Å². The molecular weight excluding hydrogens is 390 g/mol. The van der Waals surface area contributed by atoms with E-state index in [1.54, 1.807) is 18.2 Å². The van der Waals surface area contributed by atoms with Crippen LogP contribution in [0.15, 0.2) is 18.2 Å². The molecule has 0 spiro atoms. The van der Waals surface area contributed by atoms with Gasteiger partial charge >= 0.3 is 0 Å². The molecule has 1 aromatic rings. The minimum Gasteiger partial charge on any atom is -0.490 e. The third-order valence-corrected chi connectivity index (χ3v) is 5.89. The van der Waals surface area contributed by atoms with Gasteiger partial charge in [0.1, 0.15) is 5.75 Å². The van der Waals surface area contributed by atoms with E-state index in [2.05, 4.69) is 10.2 Å². The average Bonchev–Trinajstić information content (AvgIpc) is 3.24. The fourth-order valence-corrected chi connectivity index (χ4v) is 4.25. The zero-order valence-corrected chi connectivity index (χ0v) is 18.2. The predicted octanol–water partition coefficient (Wildman–Crippen LogP) is 3.19. The van der Waals surface area contributed by atoms with E-state index in [1.165, 1.54) is 12.8 Å². The molecule has 1 N–H and O–H groups in total. The van der Waals surface area contributed by atoms with Gasteiger partial charge in [-0.3, -0.25) is 14.5 Å². The third-order valence-electron chi connectivity index (χ3n) is 5.65. The van der Waals surface area contributed by atoms with Crippen LogP contribution in [0.4, 0.5) is 0 Å². The Kier molecular flexibility index (Phi) is 7.78. The molecule has 1 saturated carbocycles. The number of nitrogens with one attached hydrogen (secondary N) is 1. The lowest BCUT2D eigenvalue weighted by molar-refractivity contribution is -0.137. The number of nitrogens with zero attached hydrogens (tertiary/aromatic N) is 2. The normalized spacial score (nSPS) is 18.3. The second-order valence-electron chi connectivity index (χ2n) is 8.21. The minimum absolute atomic E-state index is 0.0223. The molecular formula is C22H32ClN3O3. The molecule has 6 nitrogen and oxygen atoms in total. The molecule has 2 amide bonds. The van der Waals surface area contributed by atoms with Crippen LogP contribution < -0.4 is 10.1 Å². The van der Waals surface area contributed by atoms with Crippen molar-refractivity contribution in [3.05, 3.63) is 28.8 Å². The zero-order chi connectivity index (χ0) is 20.8. The number of hydrogen-bond acceptors (Lipinski definition) is 4. The Morgan fingerprint density at radius 3 is 2.52 bits per heavy atom. The van der Waals surface area contributed by atoms with Gasteiger partial charge in [-0.25, -0.2) is 0 Å². The Balaban J connectivity index is 1.43. The summed E-state index contributed by atoms with van der Waals surface area (Å²) in [5.41, 5.74) is 0.457. The first kappa shape index (κ1) is 21.9. The van der Waals surface area contributed by atoms with Crippen molar-refractivity contribution in [2.24, 2.45) is 5.92 Å². The molecule has 7 heteroatoms. The van der Waals surface area contributed by atoms with E-state index in [4.69, 9.17) is 16.3 Å². The quantitative estimate of drug-likeness (QED) is 0.734. The Morgan fingerprint density at radius 2 is 1.86 bits per heavy atom. The molecule has 0 bridgehead atoms. The summed E-state index contributed by atoms with van der Waals surface area (Å²) in [5.74, 6) is 0.953. The largest absolute Gasteiger partial charge is 0.490 e. The number of carbonyl (C=O) groups is 2. The molecule has 1 aromatic carbocycles. The highest BCUT2D eigenvalue weighted by Crippen LogP contribution is 2.27. The predicted molar refractivity (Wildman–Crippen MR) is 115 cm³/mol. The van der Waals surface area contributed by atoms with Gasteiger partial charge in [0.05, 0.1) is 11.7 Å². The molecule has 29 heavy (non-hydrogen) atoms. The highest BCUT2D eigenvalue weighted by Gasteiger charge is 2.29. The number of rotatable bonds is 7. The van der Waals surface area contributed by atoms with E-state index in [1.807, 2.05) is 18.7 Å². The van der Waals surface area contributed by atoms with Crippen LogP contribution in [-0.2, 0) is 4.79 Å². The minimum atomic E-state index is -0.182. The first-order valence-electron chi connectivity index (χ1n) is 10.7. The van der Waals surface area contributed by atoms with E-state index < -0.39 is 0 Å². The molecule has 3 rings (SSSR count). The van der Waals surface area contributed by atoms with Gasteiger partial charge in [0.15, 0.2) is 0 Å². The molecule has 0 radical (unpaired) electrons. The van der Waals surface area contributed by atoms with Gasteiger partial charge in [0.2, 0.25) is 5.91 Å². The summed E-state index contributed by atoms with van der Waals surface area (Å²) < 4.78 is 5.73. The van der Waals surface area contributed by atoms with Gasteiger partial charge in [-0.05, 0) is 44.9 Å². The van der Waals surface area contributed by atoms with Crippen LogP contribution in [0.25, 0.3) is 0 Å². The number of benzene rings is 1. The van der Waals surface area contributed by atoms with Crippen molar-refractivity contribution in [3.8, 4) is 5.75 Å². The molecule has 2 fully saturated rings. The van der Waals surface area contributed by atoms with Gasteiger partial charge < -0.3 is 15.0 Å². The number of hydrogen-bond donors (Lipinski definition) is 1. The molecule has 1 aliphatic heterocycles. The van der Waals surface area contributed by atoms with E-state index in [0.29, 0.717) is 28.8 Å². The lowest BCUT2D eigenvalue weighted by Gasteiger charge is -2.36. The van der Waals surface area contributed by atoms with Crippen molar-refractivity contribution < 1.29 is 14.3 Å². The molecule has 0 unspecified atom stereocenters. The van der Waals surface area contributed by atoms with Crippen LogP contribution in [0.3, 0.4) is 0 Å². The number of halogens is 1. The van der Waals surface area contributed by atoms with Gasteiger partial charge in [0, 0.05) is 50.2 Å². The highest BCUT2D eigenvalue weighted by molar-refractivity contribution is 6.31. The molecule has 1 aliphatic carbocycles. The summed E-state index contributed by atoms with van der Waals surface area (Å²) in [6.07, 6.45) is 4.46. The molecule has 160 valence electrons. The Labute approximate surface area is 178 Å². The fraction of sp³-hybridized carbons (Fsp3) is 0.636. The van der Waals surface area contributed by atoms with Crippen molar-refractivity contribution in [1.82, 2.24) is 15.1 Å². The third kappa shape index (κ3) is 6.09. The maximum absolute atomic E-state index is 12.6. The Hall–Kier alpha value is -1.79. The Morgan fingerprint density at radius 1 is 1.17 bits per heavy atom. The van der Waals surface area contributed by atoms with Crippen LogP contribution >= 0.6 is 11.6 Å². The number of carbonyl (C=O) groups excluding carboxylic acids is 2. The fourth-order valence-electron chi connectivity index (χ4n) is 4.08. The average molecular weight is 422 g/mol. The standard InChI is InChI=1S/C22H32ClN3O3/c1-16(2)29-20-8-7-18(23)15-19(20)21(27)24-9-10-25-11-13-26(14-12-25)22(28)17-5-3-4-6-17/h7-8,15-17H,3-6,9-14H2,1-2H3,(H,24,27). The van der Waals surface area contributed by atoms with Gasteiger partial charge in [-0.1, -0.05) is 24.4 Å².